The molecule has 2 rings (SSSR count). The summed E-state index contributed by atoms with van der Waals surface area (Å²) in [5.74, 6) is 0.812. The van der Waals surface area contributed by atoms with Crippen LogP contribution < -0.4 is 10.5 Å². The van der Waals surface area contributed by atoms with E-state index in [4.69, 9.17) is 10.5 Å². The third kappa shape index (κ3) is 4.23. The lowest BCUT2D eigenvalue weighted by Gasteiger charge is -2.08. The Morgan fingerprint density at radius 3 is 2.32 bits per heavy atom. The van der Waals surface area contributed by atoms with Crippen LogP contribution in [0.4, 0.5) is 0 Å². The minimum absolute atomic E-state index is 0.434. The Hall–Kier alpha value is -2.13. The number of hydrogen-bond donors (Lipinski definition) is 1. The minimum Gasteiger partial charge on any atom is -0.489 e. The monoisotopic (exact) mass is 255 g/mol. The Bertz CT molecular complexity index is 508. The minimum atomic E-state index is -0.434. The molecule has 0 fully saturated rings. The smallest absolute Gasteiger partial charge is 0.137 e. The van der Waals surface area contributed by atoms with Crippen LogP contribution in [0.5, 0.6) is 5.75 Å². The van der Waals surface area contributed by atoms with Crippen molar-refractivity contribution in [2.45, 2.75) is 19.1 Å². The van der Waals surface area contributed by atoms with Gasteiger partial charge in [0.25, 0.3) is 0 Å². The van der Waals surface area contributed by atoms with Crippen molar-refractivity contribution in [3.05, 3.63) is 65.7 Å². The molecule has 0 aliphatic heterocycles. The maximum atomic E-state index is 10.5. The predicted molar refractivity (Wildman–Crippen MR) is 75.0 cm³/mol. The highest BCUT2D eigenvalue weighted by molar-refractivity contribution is 5.57. The van der Waals surface area contributed by atoms with Gasteiger partial charge in [-0.2, -0.15) is 0 Å². The van der Waals surface area contributed by atoms with E-state index in [0.717, 1.165) is 23.2 Å². The van der Waals surface area contributed by atoms with E-state index in [-0.39, 0.29) is 0 Å². The average Bonchev–Trinajstić information content (AvgIpc) is 2.47. The number of ether oxygens (including phenoxy) is 1. The number of aldehydes is 1. The first-order valence-corrected chi connectivity index (χ1v) is 6.24. The van der Waals surface area contributed by atoms with Crippen molar-refractivity contribution in [1.29, 1.82) is 0 Å². The molecular weight excluding hydrogens is 238 g/mol. The van der Waals surface area contributed by atoms with Crippen molar-refractivity contribution in [3.63, 3.8) is 0 Å². The van der Waals surface area contributed by atoms with Crippen molar-refractivity contribution >= 4 is 6.29 Å². The van der Waals surface area contributed by atoms with Gasteiger partial charge >= 0.3 is 0 Å². The van der Waals surface area contributed by atoms with Gasteiger partial charge in [0, 0.05) is 0 Å². The summed E-state index contributed by atoms with van der Waals surface area (Å²) in [5.41, 5.74) is 7.75. The molecule has 19 heavy (non-hydrogen) atoms. The summed E-state index contributed by atoms with van der Waals surface area (Å²) < 4.78 is 5.68. The van der Waals surface area contributed by atoms with Crippen LogP contribution in [0.2, 0.25) is 0 Å². The summed E-state index contributed by atoms with van der Waals surface area (Å²) >= 11 is 0. The van der Waals surface area contributed by atoms with Gasteiger partial charge in [-0.25, -0.2) is 0 Å². The largest absolute Gasteiger partial charge is 0.489 e. The number of rotatable bonds is 6. The van der Waals surface area contributed by atoms with Crippen LogP contribution in [0.25, 0.3) is 0 Å². The molecule has 0 spiro atoms. The molecule has 0 aromatic heterocycles. The molecule has 1 unspecified atom stereocenters. The van der Waals surface area contributed by atoms with Gasteiger partial charge in [-0.3, -0.25) is 0 Å². The summed E-state index contributed by atoms with van der Waals surface area (Å²) in [6.07, 6.45) is 1.32. The maximum Gasteiger partial charge on any atom is 0.137 e. The Morgan fingerprint density at radius 1 is 1.00 bits per heavy atom. The molecule has 3 nitrogen and oxygen atoms in total. The fourth-order valence-corrected chi connectivity index (χ4v) is 1.78. The van der Waals surface area contributed by atoms with Crippen LogP contribution in [0.1, 0.15) is 11.1 Å². The Balaban J connectivity index is 1.90. The van der Waals surface area contributed by atoms with E-state index in [9.17, 15) is 4.79 Å². The lowest BCUT2D eigenvalue weighted by Crippen LogP contribution is -2.23. The van der Waals surface area contributed by atoms with Gasteiger partial charge in [-0.15, -0.1) is 0 Å². The molecule has 1 atom stereocenters. The maximum absolute atomic E-state index is 10.5. The van der Waals surface area contributed by atoms with E-state index in [1.807, 2.05) is 54.6 Å². The lowest BCUT2D eigenvalue weighted by atomic mass is 10.1. The van der Waals surface area contributed by atoms with Crippen LogP contribution in [-0.2, 0) is 17.8 Å². The molecule has 2 aromatic rings. The molecule has 3 heteroatoms. The van der Waals surface area contributed by atoms with Gasteiger partial charge in [0.05, 0.1) is 6.04 Å². The molecule has 2 aromatic carbocycles. The van der Waals surface area contributed by atoms with Crippen molar-refractivity contribution in [2.24, 2.45) is 5.73 Å². The molecular formula is C16H17NO2. The van der Waals surface area contributed by atoms with Crippen LogP contribution >= 0.6 is 0 Å². The molecule has 0 radical (unpaired) electrons. The summed E-state index contributed by atoms with van der Waals surface area (Å²) in [6.45, 7) is 0.550. The van der Waals surface area contributed by atoms with Gasteiger partial charge in [0.1, 0.15) is 18.6 Å². The van der Waals surface area contributed by atoms with Gasteiger partial charge < -0.3 is 15.3 Å². The second kappa shape index (κ2) is 6.71. The highest BCUT2D eigenvalue weighted by atomic mass is 16.5. The average molecular weight is 255 g/mol. The number of hydrogen-bond acceptors (Lipinski definition) is 3. The zero-order valence-corrected chi connectivity index (χ0v) is 10.7. The molecule has 98 valence electrons. The first-order valence-electron chi connectivity index (χ1n) is 6.24. The standard InChI is InChI=1S/C16H17NO2/c17-15(11-18)10-13-6-8-16(9-7-13)19-12-14-4-2-1-3-5-14/h1-9,11,15H,10,12,17H2. The molecule has 0 aliphatic carbocycles. The Morgan fingerprint density at radius 2 is 1.68 bits per heavy atom. The quantitative estimate of drug-likeness (QED) is 0.806. The first kappa shape index (κ1) is 13.3. The van der Waals surface area contributed by atoms with E-state index in [0.29, 0.717) is 13.0 Å². The molecule has 0 bridgehead atoms. The molecule has 0 saturated heterocycles. The summed E-state index contributed by atoms with van der Waals surface area (Å²) in [4.78, 5) is 10.5. The topological polar surface area (TPSA) is 52.3 Å². The molecule has 2 N–H and O–H groups in total. The lowest BCUT2D eigenvalue weighted by molar-refractivity contribution is -0.108. The number of nitrogens with two attached hydrogens (primary N) is 1. The Labute approximate surface area is 113 Å². The van der Waals surface area contributed by atoms with Crippen molar-refractivity contribution in [2.75, 3.05) is 0 Å². The number of benzene rings is 2. The summed E-state index contributed by atoms with van der Waals surface area (Å²) in [7, 11) is 0. The van der Waals surface area contributed by atoms with Crippen LogP contribution in [-0.4, -0.2) is 12.3 Å². The third-order valence-electron chi connectivity index (χ3n) is 2.82. The van der Waals surface area contributed by atoms with Crippen LogP contribution in [0, 0.1) is 0 Å². The molecule has 0 amide bonds. The van der Waals surface area contributed by atoms with E-state index in [1.54, 1.807) is 0 Å². The van der Waals surface area contributed by atoms with Gasteiger partial charge in [-0.05, 0) is 29.7 Å². The highest BCUT2D eigenvalue weighted by Crippen LogP contribution is 2.14. The summed E-state index contributed by atoms with van der Waals surface area (Å²) in [5, 5.41) is 0. The van der Waals surface area contributed by atoms with E-state index >= 15 is 0 Å². The third-order valence-corrected chi connectivity index (χ3v) is 2.82. The summed E-state index contributed by atoms with van der Waals surface area (Å²) in [6, 6.07) is 17.2. The first-order chi connectivity index (χ1) is 9.28. The Kier molecular flexibility index (Phi) is 4.70. The number of carbonyl (C=O) groups excluding carboxylic acids is 1. The van der Waals surface area contributed by atoms with E-state index in [1.165, 1.54) is 0 Å². The second-order valence-corrected chi connectivity index (χ2v) is 4.42. The van der Waals surface area contributed by atoms with Crippen LogP contribution in [0.3, 0.4) is 0 Å². The fraction of sp³-hybridized carbons (Fsp3) is 0.188. The normalized spacial score (nSPS) is 11.8. The predicted octanol–water partition coefficient (Wildman–Crippen LogP) is 2.33. The highest BCUT2D eigenvalue weighted by Gasteiger charge is 2.02. The number of carbonyl (C=O) groups is 1. The molecule has 0 heterocycles. The van der Waals surface area contributed by atoms with E-state index in [2.05, 4.69) is 0 Å². The SMILES string of the molecule is NC(C=O)Cc1ccc(OCc2ccccc2)cc1. The second-order valence-electron chi connectivity index (χ2n) is 4.42. The molecule has 0 saturated carbocycles. The zero-order valence-electron chi connectivity index (χ0n) is 10.7. The van der Waals surface area contributed by atoms with Crippen LogP contribution in [0.15, 0.2) is 54.6 Å². The van der Waals surface area contributed by atoms with Gasteiger partial charge in [0.2, 0.25) is 0 Å². The van der Waals surface area contributed by atoms with E-state index < -0.39 is 6.04 Å². The van der Waals surface area contributed by atoms with Gasteiger partial charge in [0.15, 0.2) is 0 Å². The zero-order chi connectivity index (χ0) is 13.5. The van der Waals surface area contributed by atoms with Gasteiger partial charge in [-0.1, -0.05) is 42.5 Å². The van der Waals surface area contributed by atoms with Crippen molar-refractivity contribution in [1.82, 2.24) is 0 Å². The molecule has 0 aliphatic rings. The van der Waals surface area contributed by atoms with Crippen molar-refractivity contribution in [3.8, 4) is 5.75 Å². The van der Waals surface area contributed by atoms with Crippen molar-refractivity contribution < 1.29 is 9.53 Å². The fourth-order valence-electron chi connectivity index (χ4n) is 1.78.